The molecule has 0 bridgehead atoms. The van der Waals surface area contributed by atoms with Gasteiger partial charge in [-0.3, -0.25) is 4.79 Å². The molecule has 0 spiro atoms. The van der Waals surface area contributed by atoms with E-state index in [9.17, 15) is 15.0 Å². The molecule has 6 heteroatoms. The smallest absolute Gasteiger partial charge is 0.255 e. The molecule has 0 saturated heterocycles. The fraction of sp³-hybridized carbons (Fsp3) is 0.409. The van der Waals surface area contributed by atoms with E-state index in [2.05, 4.69) is 10.2 Å². The number of aromatic hydroxyl groups is 2. The Kier molecular flexibility index (Phi) is 5.79. The maximum Gasteiger partial charge on any atom is 0.255 e. The van der Waals surface area contributed by atoms with Crippen molar-refractivity contribution >= 4 is 5.91 Å². The largest absolute Gasteiger partial charge is 0.508 e. The van der Waals surface area contributed by atoms with E-state index in [1.807, 2.05) is 44.4 Å². The van der Waals surface area contributed by atoms with Crippen molar-refractivity contribution < 1.29 is 19.7 Å². The van der Waals surface area contributed by atoms with Gasteiger partial charge in [-0.25, -0.2) is 0 Å². The van der Waals surface area contributed by atoms with E-state index >= 15 is 0 Å². The second kappa shape index (κ2) is 8.10. The Balaban J connectivity index is 2.03. The van der Waals surface area contributed by atoms with E-state index in [0.29, 0.717) is 0 Å². The summed E-state index contributed by atoms with van der Waals surface area (Å²) in [4.78, 5) is 15.4. The van der Waals surface area contributed by atoms with Crippen molar-refractivity contribution in [3.63, 3.8) is 0 Å². The monoisotopic (exact) mass is 384 g/mol. The molecule has 0 aromatic heterocycles. The lowest BCUT2D eigenvalue weighted by atomic mass is 9.82. The number of likely N-dealkylation sites (N-methyl/N-ethyl adjacent to an activating group) is 1. The molecular formula is C22H28N2O4. The van der Waals surface area contributed by atoms with Crippen molar-refractivity contribution in [3.05, 3.63) is 53.6 Å². The first-order chi connectivity index (χ1) is 13.4. The van der Waals surface area contributed by atoms with Crippen molar-refractivity contribution in [1.29, 1.82) is 0 Å². The highest BCUT2D eigenvalue weighted by atomic mass is 16.5. The fourth-order valence-corrected chi connectivity index (χ4v) is 4.35. The van der Waals surface area contributed by atoms with Gasteiger partial charge >= 0.3 is 0 Å². The molecule has 0 heterocycles. The van der Waals surface area contributed by atoms with E-state index < -0.39 is 5.91 Å². The predicted octanol–water partition coefficient (Wildman–Crippen LogP) is 3.45. The molecule has 0 aliphatic heterocycles. The van der Waals surface area contributed by atoms with E-state index in [4.69, 9.17) is 4.74 Å². The highest BCUT2D eigenvalue weighted by molar-refractivity contribution is 5.98. The zero-order chi connectivity index (χ0) is 20.3. The van der Waals surface area contributed by atoms with Gasteiger partial charge in [0.15, 0.2) is 11.5 Å². The van der Waals surface area contributed by atoms with Crippen LogP contribution >= 0.6 is 0 Å². The second-order valence-corrected chi connectivity index (χ2v) is 7.57. The molecule has 1 atom stereocenters. The first-order valence-corrected chi connectivity index (χ1v) is 9.52. The average Bonchev–Trinajstić information content (AvgIpc) is 3.17. The fourth-order valence-electron chi connectivity index (χ4n) is 4.35. The molecule has 3 rings (SSSR count). The number of benzene rings is 2. The van der Waals surface area contributed by atoms with Gasteiger partial charge in [-0.1, -0.05) is 43.2 Å². The van der Waals surface area contributed by atoms with E-state index in [1.54, 1.807) is 0 Å². The molecule has 0 radical (unpaired) electrons. The molecule has 6 nitrogen and oxygen atoms in total. The van der Waals surface area contributed by atoms with Crippen LogP contribution < -0.4 is 10.1 Å². The molecule has 1 fully saturated rings. The van der Waals surface area contributed by atoms with Gasteiger partial charge in [0, 0.05) is 11.6 Å². The molecule has 150 valence electrons. The van der Waals surface area contributed by atoms with Crippen LogP contribution in [0.15, 0.2) is 42.5 Å². The number of ether oxygens (including phenoxy) is 1. The maximum absolute atomic E-state index is 13.2. The summed E-state index contributed by atoms with van der Waals surface area (Å²) in [6.45, 7) is 0. The summed E-state index contributed by atoms with van der Waals surface area (Å²) in [6.07, 6.45) is 4.16. The average molecular weight is 384 g/mol. The molecule has 1 amide bonds. The third-order valence-corrected chi connectivity index (χ3v) is 5.81. The molecule has 3 N–H and O–H groups in total. The van der Waals surface area contributed by atoms with Crippen LogP contribution in [0.25, 0.3) is 0 Å². The van der Waals surface area contributed by atoms with Gasteiger partial charge in [-0.2, -0.15) is 0 Å². The van der Waals surface area contributed by atoms with Gasteiger partial charge in [-0.15, -0.1) is 0 Å². The lowest BCUT2D eigenvalue weighted by molar-refractivity contribution is 0.0763. The van der Waals surface area contributed by atoms with Gasteiger partial charge in [0.2, 0.25) is 0 Å². The Morgan fingerprint density at radius 2 is 1.79 bits per heavy atom. The highest BCUT2D eigenvalue weighted by Crippen LogP contribution is 2.44. The van der Waals surface area contributed by atoms with Crippen LogP contribution in [0, 0.1) is 0 Å². The molecule has 28 heavy (non-hydrogen) atoms. The number of carbonyl (C=O) groups excluding carboxylic acids is 1. The number of rotatable bonds is 6. The van der Waals surface area contributed by atoms with E-state index in [1.165, 1.54) is 13.2 Å². The normalized spacial score (nSPS) is 16.7. The second-order valence-electron chi connectivity index (χ2n) is 7.57. The summed E-state index contributed by atoms with van der Waals surface area (Å²) in [6, 6.07) is 12.1. The number of hydrogen-bond donors (Lipinski definition) is 3. The topological polar surface area (TPSA) is 82.0 Å². The zero-order valence-corrected chi connectivity index (χ0v) is 16.6. The molecular weight excluding hydrogens is 356 g/mol. The predicted molar refractivity (Wildman–Crippen MR) is 108 cm³/mol. The quantitative estimate of drug-likeness (QED) is 0.711. The number of nitrogens with zero attached hydrogens (tertiary/aromatic N) is 1. The van der Waals surface area contributed by atoms with Crippen molar-refractivity contribution in [3.8, 4) is 17.2 Å². The van der Waals surface area contributed by atoms with Crippen LogP contribution in [0.3, 0.4) is 0 Å². The number of methoxy groups -OCH3 is 1. The number of phenolic OH excluding ortho intramolecular Hbond substituents is 2. The van der Waals surface area contributed by atoms with E-state index in [-0.39, 0.29) is 34.4 Å². The summed E-state index contributed by atoms with van der Waals surface area (Å²) in [5, 5.41) is 23.1. The first kappa shape index (κ1) is 20.0. The zero-order valence-electron chi connectivity index (χ0n) is 16.6. The number of carbonyl (C=O) groups is 1. The van der Waals surface area contributed by atoms with Gasteiger partial charge in [0.05, 0.1) is 18.7 Å². The van der Waals surface area contributed by atoms with Crippen molar-refractivity contribution in [2.75, 3.05) is 21.2 Å². The van der Waals surface area contributed by atoms with Crippen LogP contribution in [0.1, 0.15) is 47.6 Å². The minimum Gasteiger partial charge on any atom is -0.508 e. The van der Waals surface area contributed by atoms with Gasteiger partial charge in [0.1, 0.15) is 5.75 Å². The summed E-state index contributed by atoms with van der Waals surface area (Å²) in [5.74, 6) is -0.813. The first-order valence-electron chi connectivity index (χ1n) is 9.52. The number of phenols is 2. The lowest BCUT2D eigenvalue weighted by Gasteiger charge is -2.44. The maximum atomic E-state index is 13.2. The summed E-state index contributed by atoms with van der Waals surface area (Å²) in [7, 11) is 5.48. The standard InChI is InChI=1S/C22H28N2O4/c1-24(2)22(11-7-8-12-22)20(15-9-5-4-6-10-15)23-21(27)17-13-16(25)14-18(26)19(17)28-3/h4-6,9-10,13-14,20,25-26H,7-8,11-12H2,1-3H3,(H,23,27). The molecule has 1 aliphatic carbocycles. The SMILES string of the molecule is COc1c(O)cc(O)cc1C(=O)NC(c1ccccc1)C1(N(C)C)CCCC1. The molecule has 1 saturated carbocycles. The van der Waals surface area contributed by atoms with Crippen LogP contribution in [0.5, 0.6) is 17.2 Å². The summed E-state index contributed by atoms with van der Waals surface area (Å²) in [5.41, 5.74) is 0.922. The Hall–Kier alpha value is -2.73. The van der Waals surface area contributed by atoms with E-state index in [0.717, 1.165) is 37.3 Å². The third-order valence-electron chi connectivity index (χ3n) is 5.81. The van der Waals surface area contributed by atoms with Crippen molar-refractivity contribution in [2.45, 2.75) is 37.3 Å². The van der Waals surface area contributed by atoms with Crippen LogP contribution in [-0.4, -0.2) is 47.8 Å². The molecule has 1 aliphatic rings. The Labute approximate surface area is 165 Å². The number of nitrogens with one attached hydrogen (secondary N) is 1. The number of hydrogen-bond acceptors (Lipinski definition) is 5. The minimum absolute atomic E-state index is 0.0486. The van der Waals surface area contributed by atoms with Crippen molar-refractivity contribution in [2.24, 2.45) is 0 Å². The molecule has 1 unspecified atom stereocenters. The Bertz CT molecular complexity index is 830. The van der Waals surface area contributed by atoms with Crippen LogP contribution in [0.2, 0.25) is 0 Å². The van der Waals surface area contributed by atoms with Crippen molar-refractivity contribution in [1.82, 2.24) is 10.2 Å². The number of amides is 1. The minimum atomic E-state index is -0.398. The highest BCUT2D eigenvalue weighted by Gasteiger charge is 2.45. The summed E-state index contributed by atoms with van der Waals surface area (Å²) < 4.78 is 5.21. The van der Waals surface area contributed by atoms with Gasteiger partial charge in [0.25, 0.3) is 5.91 Å². The Morgan fingerprint density at radius 1 is 1.14 bits per heavy atom. The molecule has 2 aromatic rings. The lowest BCUT2D eigenvalue weighted by Crippen LogP contribution is -2.53. The Morgan fingerprint density at radius 3 is 2.36 bits per heavy atom. The van der Waals surface area contributed by atoms with Crippen LogP contribution in [-0.2, 0) is 0 Å². The van der Waals surface area contributed by atoms with Gasteiger partial charge < -0.3 is 25.2 Å². The van der Waals surface area contributed by atoms with Gasteiger partial charge in [-0.05, 0) is 38.6 Å². The summed E-state index contributed by atoms with van der Waals surface area (Å²) >= 11 is 0. The molecule has 2 aromatic carbocycles. The third kappa shape index (κ3) is 3.64. The van der Waals surface area contributed by atoms with Crippen LogP contribution in [0.4, 0.5) is 0 Å².